The molecule has 0 spiro atoms. The van der Waals surface area contributed by atoms with Crippen molar-refractivity contribution in [2.75, 3.05) is 0 Å². The van der Waals surface area contributed by atoms with Crippen LogP contribution in [0.25, 0.3) is 0 Å². The van der Waals surface area contributed by atoms with Crippen molar-refractivity contribution in [3.63, 3.8) is 0 Å². The van der Waals surface area contributed by atoms with E-state index in [9.17, 15) is 0 Å². The molecule has 0 aromatic carbocycles. The fraction of sp³-hybridized carbons (Fsp3) is 0.600. The molecule has 0 saturated heterocycles. The van der Waals surface area contributed by atoms with Gasteiger partial charge in [0, 0.05) is 0 Å². The standard InChI is InChI=1S/C10H17/c1-3-5-7-9-10-8-6-4-2/h3,5H,1,4,6,8-10H2,2H3. The van der Waals surface area contributed by atoms with Crippen LogP contribution in [0.5, 0.6) is 0 Å². The molecular formula is C10H17. The van der Waals surface area contributed by atoms with Crippen LogP contribution in [0, 0.1) is 6.08 Å². The van der Waals surface area contributed by atoms with Crippen LogP contribution < -0.4 is 0 Å². The van der Waals surface area contributed by atoms with Gasteiger partial charge in [-0.1, -0.05) is 44.9 Å². The van der Waals surface area contributed by atoms with Gasteiger partial charge in [-0.15, -0.1) is 0 Å². The number of unbranched alkanes of at least 4 members (excludes halogenated alkanes) is 4. The summed E-state index contributed by atoms with van der Waals surface area (Å²) in [6, 6.07) is 0. The van der Waals surface area contributed by atoms with Gasteiger partial charge >= 0.3 is 0 Å². The zero-order valence-electron chi connectivity index (χ0n) is 6.90. The van der Waals surface area contributed by atoms with Gasteiger partial charge in [-0.05, 0) is 18.9 Å². The SMILES string of the molecule is C=C/C=[C]/CCCCCC. The van der Waals surface area contributed by atoms with E-state index in [1.165, 1.54) is 25.7 Å². The average molecular weight is 137 g/mol. The summed E-state index contributed by atoms with van der Waals surface area (Å²) in [4.78, 5) is 0. The average Bonchev–Trinajstić information content (AvgIpc) is 1.97. The molecule has 0 bridgehead atoms. The van der Waals surface area contributed by atoms with Gasteiger partial charge in [0.25, 0.3) is 0 Å². The van der Waals surface area contributed by atoms with E-state index < -0.39 is 0 Å². The maximum Gasteiger partial charge on any atom is -0.0276 e. The Labute approximate surface area is 64.6 Å². The molecule has 0 rings (SSSR count). The van der Waals surface area contributed by atoms with Crippen LogP contribution in [0.4, 0.5) is 0 Å². The van der Waals surface area contributed by atoms with E-state index in [1.807, 2.05) is 6.08 Å². The molecule has 1 radical (unpaired) electrons. The third kappa shape index (κ3) is 7.48. The molecule has 0 aromatic rings. The third-order valence-corrected chi connectivity index (χ3v) is 1.41. The quantitative estimate of drug-likeness (QED) is 0.388. The Morgan fingerprint density at radius 2 is 2.10 bits per heavy atom. The van der Waals surface area contributed by atoms with Crippen molar-refractivity contribution in [2.45, 2.75) is 39.0 Å². The van der Waals surface area contributed by atoms with Crippen LogP contribution in [0.2, 0.25) is 0 Å². The smallest absolute Gasteiger partial charge is 0.0276 e. The van der Waals surface area contributed by atoms with Gasteiger partial charge in [-0.3, -0.25) is 0 Å². The lowest BCUT2D eigenvalue weighted by Gasteiger charge is -1.92. The van der Waals surface area contributed by atoms with E-state index in [-0.39, 0.29) is 0 Å². The molecular weight excluding hydrogens is 120 g/mol. The Bertz CT molecular complexity index is 90.2. The molecule has 57 valence electrons. The molecule has 0 atom stereocenters. The van der Waals surface area contributed by atoms with E-state index in [2.05, 4.69) is 19.6 Å². The second-order valence-corrected chi connectivity index (χ2v) is 2.42. The van der Waals surface area contributed by atoms with Gasteiger partial charge in [-0.2, -0.15) is 0 Å². The fourth-order valence-corrected chi connectivity index (χ4v) is 0.821. The van der Waals surface area contributed by atoms with Crippen molar-refractivity contribution in [1.82, 2.24) is 0 Å². The van der Waals surface area contributed by atoms with E-state index in [4.69, 9.17) is 0 Å². The van der Waals surface area contributed by atoms with E-state index in [0.717, 1.165) is 6.42 Å². The summed E-state index contributed by atoms with van der Waals surface area (Å²) < 4.78 is 0. The van der Waals surface area contributed by atoms with Crippen molar-refractivity contribution in [3.05, 3.63) is 24.8 Å². The summed E-state index contributed by atoms with van der Waals surface area (Å²) in [7, 11) is 0. The molecule has 0 saturated carbocycles. The highest BCUT2D eigenvalue weighted by molar-refractivity contribution is 4.91. The van der Waals surface area contributed by atoms with Gasteiger partial charge in [0.15, 0.2) is 0 Å². The summed E-state index contributed by atoms with van der Waals surface area (Å²) >= 11 is 0. The Balaban J connectivity index is 2.90. The largest absolute Gasteiger partial charge is 0.0991 e. The van der Waals surface area contributed by atoms with Gasteiger partial charge in [-0.25, -0.2) is 0 Å². The topological polar surface area (TPSA) is 0 Å². The monoisotopic (exact) mass is 137 g/mol. The van der Waals surface area contributed by atoms with Crippen molar-refractivity contribution >= 4 is 0 Å². The molecule has 0 aliphatic heterocycles. The lowest BCUT2D eigenvalue weighted by atomic mass is 10.1. The molecule has 0 amide bonds. The number of allylic oxidation sites excluding steroid dienone is 3. The van der Waals surface area contributed by atoms with E-state index in [1.54, 1.807) is 6.08 Å². The Morgan fingerprint density at radius 1 is 1.30 bits per heavy atom. The molecule has 0 heterocycles. The second-order valence-electron chi connectivity index (χ2n) is 2.42. The van der Waals surface area contributed by atoms with Crippen LogP contribution in [-0.4, -0.2) is 0 Å². The van der Waals surface area contributed by atoms with Crippen LogP contribution in [-0.2, 0) is 0 Å². The lowest BCUT2D eigenvalue weighted by molar-refractivity contribution is 0.670. The number of hydrogen-bond donors (Lipinski definition) is 0. The number of hydrogen-bond acceptors (Lipinski definition) is 0. The molecule has 0 nitrogen and oxygen atoms in total. The first-order valence-electron chi connectivity index (χ1n) is 4.09. The van der Waals surface area contributed by atoms with Crippen molar-refractivity contribution in [3.8, 4) is 0 Å². The minimum atomic E-state index is 1.09. The first-order valence-corrected chi connectivity index (χ1v) is 4.09. The molecule has 0 heteroatoms. The molecule has 0 unspecified atom stereocenters. The normalized spacial score (nSPS) is 10.5. The molecule has 0 aliphatic rings. The Kier molecular flexibility index (Phi) is 8.04. The molecule has 10 heavy (non-hydrogen) atoms. The van der Waals surface area contributed by atoms with Crippen LogP contribution in [0.3, 0.4) is 0 Å². The minimum absolute atomic E-state index is 1.09. The van der Waals surface area contributed by atoms with Gasteiger partial charge in [0.1, 0.15) is 0 Å². The summed E-state index contributed by atoms with van der Waals surface area (Å²) in [5.74, 6) is 0. The molecule has 0 fully saturated rings. The highest BCUT2D eigenvalue weighted by Gasteiger charge is 1.82. The van der Waals surface area contributed by atoms with Crippen molar-refractivity contribution in [1.29, 1.82) is 0 Å². The summed E-state index contributed by atoms with van der Waals surface area (Å²) in [5.41, 5.74) is 0. The van der Waals surface area contributed by atoms with Crippen molar-refractivity contribution in [2.24, 2.45) is 0 Å². The highest BCUT2D eigenvalue weighted by Crippen LogP contribution is 2.01. The fourth-order valence-electron chi connectivity index (χ4n) is 0.821. The molecule has 0 aromatic heterocycles. The maximum absolute atomic E-state index is 3.58. The van der Waals surface area contributed by atoms with Crippen LogP contribution in [0.15, 0.2) is 18.7 Å². The van der Waals surface area contributed by atoms with Gasteiger partial charge in [0.05, 0.1) is 0 Å². The maximum atomic E-state index is 3.58. The number of rotatable bonds is 6. The predicted octanol–water partition coefficient (Wildman–Crippen LogP) is 3.50. The second kappa shape index (κ2) is 8.48. The Morgan fingerprint density at radius 3 is 2.70 bits per heavy atom. The van der Waals surface area contributed by atoms with Gasteiger partial charge < -0.3 is 0 Å². The van der Waals surface area contributed by atoms with Crippen molar-refractivity contribution < 1.29 is 0 Å². The van der Waals surface area contributed by atoms with Crippen LogP contribution >= 0.6 is 0 Å². The zero-order valence-corrected chi connectivity index (χ0v) is 6.90. The predicted molar refractivity (Wildman–Crippen MR) is 46.8 cm³/mol. The third-order valence-electron chi connectivity index (χ3n) is 1.41. The van der Waals surface area contributed by atoms with E-state index in [0.29, 0.717) is 0 Å². The summed E-state index contributed by atoms with van der Waals surface area (Å²) in [5, 5.41) is 0. The highest BCUT2D eigenvalue weighted by atomic mass is 13.9. The first-order chi connectivity index (χ1) is 4.91. The zero-order chi connectivity index (χ0) is 7.66. The summed E-state index contributed by atoms with van der Waals surface area (Å²) in [6.45, 7) is 5.80. The lowest BCUT2D eigenvalue weighted by Crippen LogP contribution is -1.73. The molecule has 0 aliphatic carbocycles. The van der Waals surface area contributed by atoms with Gasteiger partial charge in [0.2, 0.25) is 0 Å². The molecule has 0 N–H and O–H groups in total. The first kappa shape index (κ1) is 9.48. The minimum Gasteiger partial charge on any atom is -0.0991 e. The Hall–Kier alpha value is -0.520. The summed E-state index contributed by atoms with van der Waals surface area (Å²) in [6.07, 6.45) is 13.2. The van der Waals surface area contributed by atoms with E-state index >= 15 is 0 Å². The van der Waals surface area contributed by atoms with Crippen LogP contribution in [0.1, 0.15) is 39.0 Å².